The molecule has 132 valence electrons. The van der Waals surface area contributed by atoms with Crippen LogP contribution in [-0.4, -0.2) is 42.3 Å². The molecule has 0 aliphatic heterocycles. The van der Waals surface area contributed by atoms with Gasteiger partial charge >= 0.3 is 6.03 Å². The summed E-state index contributed by atoms with van der Waals surface area (Å²) in [5, 5.41) is 13.0. The number of para-hydroxylation sites is 2. The lowest BCUT2D eigenvalue weighted by Crippen LogP contribution is -2.40. The van der Waals surface area contributed by atoms with Crippen LogP contribution in [0, 0.1) is 11.8 Å². The molecule has 2 aliphatic carbocycles. The fourth-order valence-electron chi connectivity index (χ4n) is 3.23. The van der Waals surface area contributed by atoms with Crippen LogP contribution in [0.1, 0.15) is 38.5 Å². The van der Waals surface area contributed by atoms with Crippen molar-refractivity contribution in [2.75, 3.05) is 25.5 Å². The third-order valence-electron chi connectivity index (χ3n) is 5.02. The molecule has 0 radical (unpaired) electrons. The van der Waals surface area contributed by atoms with Gasteiger partial charge in [-0.25, -0.2) is 4.79 Å². The van der Waals surface area contributed by atoms with E-state index in [1.807, 2.05) is 24.3 Å². The highest BCUT2D eigenvalue weighted by atomic mass is 16.5. The highest BCUT2D eigenvalue weighted by molar-refractivity contribution is 5.90. The Hall–Kier alpha value is -1.75. The second-order valence-corrected chi connectivity index (χ2v) is 7.17. The Morgan fingerprint density at radius 2 is 2.00 bits per heavy atom. The average Bonchev–Trinajstić information content (AvgIpc) is 3.40. The van der Waals surface area contributed by atoms with Crippen LogP contribution in [0.25, 0.3) is 0 Å². The van der Waals surface area contributed by atoms with Crippen LogP contribution in [0.3, 0.4) is 0 Å². The van der Waals surface area contributed by atoms with Gasteiger partial charge in [0.2, 0.25) is 0 Å². The Bertz CT molecular complexity index is 559. The third kappa shape index (κ3) is 4.63. The van der Waals surface area contributed by atoms with Crippen molar-refractivity contribution in [3.05, 3.63) is 24.3 Å². The number of aliphatic hydroxyl groups excluding tert-OH is 1. The molecule has 0 heterocycles. The molecule has 2 amide bonds. The fourth-order valence-corrected chi connectivity index (χ4v) is 3.23. The maximum Gasteiger partial charge on any atom is 0.321 e. The number of amides is 2. The number of carbonyl (C=O) groups is 1. The van der Waals surface area contributed by atoms with Gasteiger partial charge in [0.25, 0.3) is 0 Å². The quantitative estimate of drug-likeness (QED) is 0.838. The normalized spacial score (nSPS) is 23.6. The highest BCUT2D eigenvalue weighted by Gasteiger charge is 2.26. The summed E-state index contributed by atoms with van der Waals surface area (Å²) in [7, 11) is 1.78. The molecular weight excluding hydrogens is 304 g/mol. The lowest BCUT2D eigenvalue weighted by atomic mass is 9.86. The fraction of sp³-hybridized carbons (Fsp3) is 0.632. The van der Waals surface area contributed by atoms with E-state index in [9.17, 15) is 9.90 Å². The van der Waals surface area contributed by atoms with Crippen LogP contribution in [0.5, 0.6) is 5.75 Å². The maximum absolute atomic E-state index is 12.5. The third-order valence-corrected chi connectivity index (χ3v) is 5.02. The van der Waals surface area contributed by atoms with Crippen LogP contribution < -0.4 is 10.1 Å². The van der Waals surface area contributed by atoms with Crippen molar-refractivity contribution in [2.24, 2.45) is 11.8 Å². The van der Waals surface area contributed by atoms with E-state index in [4.69, 9.17) is 4.74 Å². The first-order valence-corrected chi connectivity index (χ1v) is 9.05. The van der Waals surface area contributed by atoms with Gasteiger partial charge in [0.1, 0.15) is 5.75 Å². The van der Waals surface area contributed by atoms with Crippen LogP contribution >= 0.6 is 0 Å². The SMILES string of the molecule is CN(CC1CCCCC1O)C(=O)Nc1ccccc1OCC1CC1. The maximum atomic E-state index is 12.5. The zero-order valence-electron chi connectivity index (χ0n) is 14.4. The zero-order chi connectivity index (χ0) is 16.9. The molecule has 2 saturated carbocycles. The molecule has 0 spiro atoms. The summed E-state index contributed by atoms with van der Waals surface area (Å²) in [6, 6.07) is 7.41. The van der Waals surface area contributed by atoms with Crippen molar-refractivity contribution in [2.45, 2.75) is 44.6 Å². The molecule has 2 fully saturated rings. The Labute approximate surface area is 144 Å². The number of anilines is 1. The number of nitrogens with one attached hydrogen (secondary N) is 1. The summed E-state index contributed by atoms with van der Waals surface area (Å²) in [5.41, 5.74) is 0.708. The molecule has 5 heteroatoms. The summed E-state index contributed by atoms with van der Waals surface area (Å²) < 4.78 is 5.84. The molecule has 0 saturated heterocycles. The summed E-state index contributed by atoms with van der Waals surface area (Å²) in [6.07, 6.45) is 6.23. The molecule has 0 bridgehead atoms. The summed E-state index contributed by atoms with van der Waals surface area (Å²) in [4.78, 5) is 14.1. The lowest BCUT2D eigenvalue weighted by Gasteiger charge is -2.31. The number of benzene rings is 1. The second-order valence-electron chi connectivity index (χ2n) is 7.17. The number of hydrogen-bond donors (Lipinski definition) is 2. The number of nitrogens with zero attached hydrogens (tertiary/aromatic N) is 1. The zero-order valence-corrected chi connectivity index (χ0v) is 14.4. The Morgan fingerprint density at radius 3 is 2.75 bits per heavy atom. The van der Waals surface area contributed by atoms with Crippen molar-refractivity contribution < 1.29 is 14.6 Å². The first-order valence-electron chi connectivity index (χ1n) is 9.05. The largest absolute Gasteiger partial charge is 0.491 e. The molecule has 1 aromatic rings. The smallest absolute Gasteiger partial charge is 0.321 e. The molecule has 5 nitrogen and oxygen atoms in total. The van der Waals surface area contributed by atoms with Gasteiger partial charge in [0, 0.05) is 19.5 Å². The van der Waals surface area contributed by atoms with Crippen molar-refractivity contribution in [1.29, 1.82) is 0 Å². The molecule has 2 N–H and O–H groups in total. The number of urea groups is 1. The summed E-state index contributed by atoms with van der Waals surface area (Å²) in [5.74, 6) is 1.57. The molecule has 1 aromatic carbocycles. The predicted octanol–water partition coefficient (Wildman–Crippen LogP) is 3.49. The summed E-state index contributed by atoms with van der Waals surface area (Å²) >= 11 is 0. The van der Waals surface area contributed by atoms with Crippen molar-refractivity contribution in [1.82, 2.24) is 4.90 Å². The highest BCUT2D eigenvalue weighted by Crippen LogP contribution is 2.32. The molecule has 2 aliphatic rings. The van der Waals surface area contributed by atoms with Crippen LogP contribution in [-0.2, 0) is 0 Å². The van der Waals surface area contributed by atoms with E-state index in [1.54, 1.807) is 11.9 Å². The minimum atomic E-state index is -0.289. The molecule has 24 heavy (non-hydrogen) atoms. The van der Waals surface area contributed by atoms with Gasteiger partial charge < -0.3 is 20.1 Å². The van der Waals surface area contributed by atoms with E-state index in [1.165, 1.54) is 12.8 Å². The number of hydrogen-bond acceptors (Lipinski definition) is 3. The second kappa shape index (κ2) is 7.88. The molecule has 3 rings (SSSR count). The van der Waals surface area contributed by atoms with E-state index in [0.29, 0.717) is 18.2 Å². The van der Waals surface area contributed by atoms with E-state index in [-0.39, 0.29) is 18.1 Å². The van der Waals surface area contributed by atoms with Crippen molar-refractivity contribution in [3.63, 3.8) is 0 Å². The van der Waals surface area contributed by atoms with Crippen LogP contribution in [0.15, 0.2) is 24.3 Å². The lowest BCUT2D eigenvalue weighted by molar-refractivity contribution is 0.0575. The monoisotopic (exact) mass is 332 g/mol. The van der Waals surface area contributed by atoms with Crippen LogP contribution in [0.2, 0.25) is 0 Å². The average molecular weight is 332 g/mol. The van der Waals surface area contributed by atoms with Crippen molar-refractivity contribution >= 4 is 11.7 Å². The van der Waals surface area contributed by atoms with Gasteiger partial charge in [-0.3, -0.25) is 0 Å². The van der Waals surface area contributed by atoms with E-state index >= 15 is 0 Å². The number of rotatable bonds is 6. The minimum absolute atomic E-state index is 0.157. The van der Waals surface area contributed by atoms with E-state index in [0.717, 1.165) is 38.0 Å². The van der Waals surface area contributed by atoms with Gasteiger partial charge in [0.05, 0.1) is 18.4 Å². The number of ether oxygens (including phenoxy) is 1. The molecule has 2 unspecified atom stereocenters. The van der Waals surface area contributed by atoms with Gasteiger partial charge in [-0.05, 0) is 43.7 Å². The predicted molar refractivity (Wildman–Crippen MR) is 94.3 cm³/mol. The minimum Gasteiger partial charge on any atom is -0.491 e. The first kappa shape index (κ1) is 17.1. The molecular formula is C19H28N2O3. The van der Waals surface area contributed by atoms with Gasteiger partial charge in [-0.1, -0.05) is 25.0 Å². The standard InChI is InChI=1S/C19H28N2O3/c1-21(12-15-6-2-4-8-17(15)22)19(23)20-16-7-3-5-9-18(16)24-13-14-10-11-14/h3,5,7,9,14-15,17,22H,2,4,6,8,10-13H2,1H3,(H,20,23). The van der Waals surface area contributed by atoms with Gasteiger partial charge in [0.15, 0.2) is 0 Å². The Kier molecular flexibility index (Phi) is 5.61. The first-order chi connectivity index (χ1) is 11.6. The topological polar surface area (TPSA) is 61.8 Å². The van der Waals surface area contributed by atoms with Crippen LogP contribution in [0.4, 0.5) is 10.5 Å². The van der Waals surface area contributed by atoms with Gasteiger partial charge in [-0.15, -0.1) is 0 Å². The number of carbonyl (C=O) groups excluding carboxylic acids is 1. The Morgan fingerprint density at radius 1 is 1.25 bits per heavy atom. The summed E-state index contributed by atoms with van der Waals surface area (Å²) in [6.45, 7) is 1.30. The molecule has 0 aromatic heterocycles. The van der Waals surface area contributed by atoms with Crippen molar-refractivity contribution in [3.8, 4) is 5.75 Å². The van der Waals surface area contributed by atoms with Gasteiger partial charge in [-0.2, -0.15) is 0 Å². The van der Waals surface area contributed by atoms with E-state index in [2.05, 4.69) is 5.32 Å². The Balaban J connectivity index is 1.55. The number of aliphatic hydroxyl groups is 1. The molecule has 2 atom stereocenters. The van der Waals surface area contributed by atoms with E-state index < -0.39 is 0 Å².